The molecule has 2 N–H and O–H groups in total. The lowest BCUT2D eigenvalue weighted by Gasteiger charge is -2.14. The number of methoxy groups -OCH3 is 1. The summed E-state index contributed by atoms with van der Waals surface area (Å²) in [7, 11) is 5.55. The van der Waals surface area contributed by atoms with Crippen molar-refractivity contribution in [3.8, 4) is 5.75 Å². The van der Waals surface area contributed by atoms with Crippen LogP contribution in [-0.2, 0) is 6.54 Å². The van der Waals surface area contributed by atoms with Gasteiger partial charge in [-0.1, -0.05) is 12.1 Å². The maximum atomic E-state index is 11.1. The topological polar surface area (TPSA) is 61.8 Å². The van der Waals surface area contributed by atoms with Crippen molar-refractivity contribution in [1.82, 2.24) is 0 Å². The van der Waals surface area contributed by atoms with Gasteiger partial charge in [-0.15, -0.1) is 0 Å². The quantitative estimate of drug-likeness (QED) is 0.858. The third kappa shape index (κ3) is 3.69. The number of carbonyl (C=O) groups is 1. The predicted molar refractivity (Wildman–Crippen MR) is 88.0 cm³/mol. The van der Waals surface area contributed by atoms with Crippen molar-refractivity contribution in [2.75, 3.05) is 31.4 Å². The van der Waals surface area contributed by atoms with Crippen LogP contribution in [0.15, 0.2) is 42.5 Å². The molecule has 22 heavy (non-hydrogen) atoms. The Labute approximate surface area is 130 Å². The molecule has 5 heteroatoms. The van der Waals surface area contributed by atoms with Crippen LogP contribution in [0.25, 0.3) is 0 Å². The second-order valence-corrected chi connectivity index (χ2v) is 5.13. The average molecular weight is 300 g/mol. The number of rotatable bonds is 6. The third-order valence-electron chi connectivity index (χ3n) is 3.38. The lowest BCUT2D eigenvalue weighted by Crippen LogP contribution is -2.08. The van der Waals surface area contributed by atoms with E-state index in [-0.39, 0.29) is 5.56 Å². The Balaban J connectivity index is 2.13. The maximum absolute atomic E-state index is 11.1. The molecule has 0 unspecified atom stereocenters. The lowest BCUT2D eigenvalue weighted by atomic mass is 10.1. The number of anilines is 2. The second-order valence-electron chi connectivity index (χ2n) is 5.13. The molecule has 2 rings (SSSR count). The van der Waals surface area contributed by atoms with Gasteiger partial charge in [-0.25, -0.2) is 4.79 Å². The van der Waals surface area contributed by atoms with Gasteiger partial charge in [0.05, 0.1) is 18.4 Å². The highest BCUT2D eigenvalue weighted by Gasteiger charge is 2.08. The van der Waals surface area contributed by atoms with Crippen molar-refractivity contribution < 1.29 is 14.6 Å². The highest BCUT2D eigenvalue weighted by Crippen LogP contribution is 2.26. The summed E-state index contributed by atoms with van der Waals surface area (Å²) in [6.07, 6.45) is 0. The van der Waals surface area contributed by atoms with Crippen LogP contribution in [0.4, 0.5) is 11.4 Å². The van der Waals surface area contributed by atoms with E-state index in [1.807, 2.05) is 43.3 Å². The minimum atomic E-state index is -0.957. The smallest absolute Gasteiger partial charge is 0.335 e. The summed E-state index contributed by atoms with van der Waals surface area (Å²) in [5.41, 5.74) is 3.13. The first-order chi connectivity index (χ1) is 10.5. The van der Waals surface area contributed by atoms with Gasteiger partial charge in [0.2, 0.25) is 0 Å². The van der Waals surface area contributed by atoms with E-state index in [1.54, 1.807) is 19.2 Å². The molecule has 5 nitrogen and oxygen atoms in total. The van der Waals surface area contributed by atoms with Gasteiger partial charge < -0.3 is 20.1 Å². The zero-order chi connectivity index (χ0) is 16.1. The minimum absolute atomic E-state index is 0.228. The molecular weight excluding hydrogens is 280 g/mol. The van der Waals surface area contributed by atoms with Crippen LogP contribution in [0.1, 0.15) is 15.9 Å². The molecule has 0 radical (unpaired) electrons. The van der Waals surface area contributed by atoms with E-state index in [0.717, 1.165) is 11.3 Å². The monoisotopic (exact) mass is 300 g/mol. The SMILES string of the molecule is COc1ccc(C(=O)O)cc1NCc1ccc(N(C)C)cc1. The van der Waals surface area contributed by atoms with E-state index in [1.165, 1.54) is 6.07 Å². The van der Waals surface area contributed by atoms with Crippen LogP contribution < -0.4 is 15.0 Å². The molecule has 2 aromatic rings. The number of benzene rings is 2. The van der Waals surface area contributed by atoms with Crippen LogP contribution in [0.5, 0.6) is 5.75 Å². The second kappa shape index (κ2) is 6.85. The molecule has 116 valence electrons. The minimum Gasteiger partial charge on any atom is -0.495 e. The number of aromatic carboxylic acids is 1. The average Bonchev–Trinajstić information content (AvgIpc) is 2.52. The Hall–Kier alpha value is -2.69. The third-order valence-corrected chi connectivity index (χ3v) is 3.38. The summed E-state index contributed by atoms with van der Waals surface area (Å²) in [6.45, 7) is 0.590. The zero-order valence-corrected chi connectivity index (χ0v) is 13.0. The van der Waals surface area contributed by atoms with Crippen LogP contribution in [-0.4, -0.2) is 32.3 Å². The van der Waals surface area contributed by atoms with E-state index in [4.69, 9.17) is 9.84 Å². The van der Waals surface area contributed by atoms with Gasteiger partial charge in [0.15, 0.2) is 0 Å². The summed E-state index contributed by atoms with van der Waals surface area (Å²) in [4.78, 5) is 13.1. The molecule has 0 aromatic heterocycles. The number of hydrogen-bond acceptors (Lipinski definition) is 4. The van der Waals surface area contributed by atoms with Crippen LogP contribution in [0, 0.1) is 0 Å². The first-order valence-corrected chi connectivity index (χ1v) is 6.92. The fourth-order valence-corrected chi connectivity index (χ4v) is 2.09. The van der Waals surface area contributed by atoms with E-state index in [0.29, 0.717) is 18.0 Å². The Kier molecular flexibility index (Phi) is 4.88. The van der Waals surface area contributed by atoms with Crippen molar-refractivity contribution in [1.29, 1.82) is 0 Å². The Bertz CT molecular complexity index is 651. The number of carboxylic acids is 1. The normalized spacial score (nSPS) is 10.1. The Morgan fingerprint density at radius 3 is 2.41 bits per heavy atom. The maximum Gasteiger partial charge on any atom is 0.335 e. The van der Waals surface area contributed by atoms with Gasteiger partial charge in [0.25, 0.3) is 0 Å². The molecule has 0 spiro atoms. The molecule has 0 fully saturated rings. The van der Waals surface area contributed by atoms with Gasteiger partial charge in [0, 0.05) is 26.3 Å². The highest BCUT2D eigenvalue weighted by molar-refractivity contribution is 5.89. The molecule has 0 heterocycles. The number of nitrogens with zero attached hydrogens (tertiary/aromatic N) is 1. The molecule has 0 saturated carbocycles. The van der Waals surface area contributed by atoms with Gasteiger partial charge in [-0.2, -0.15) is 0 Å². The fraction of sp³-hybridized carbons (Fsp3) is 0.235. The summed E-state index contributed by atoms with van der Waals surface area (Å²) in [5.74, 6) is -0.337. The van der Waals surface area contributed by atoms with Crippen molar-refractivity contribution in [3.63, 3.8) is 0 Å². The van der Waals surface area contributed by atoms with E-state index < -0.39 is 5.97 Å². The van der Waals surface area contributed by atoms with Gasteiger partial charge >= 0.3 is 5.97 Å². The highest BCUT2D eigenvalue weighted by atomic mass is 16.5. The first kappa shape index (κ1) is 15.7. The standard InChI is InChI=1S/C17H20N2O3/c1-19(2)14-7-4-12(5-8-14)11-18-15-10-13(17(20)21)6-9-16(15)22-3/h4-10,18H,11H2,1-3H3,(H,20,21). The summed E-state index contributed by atoms with van der Waals surface area (Å²) >= 11 is 0. The van der Waals surface area contributed by atoms with E-state index >= 15 is 0 Å². The van der Waals surface area contributed by atoms with Gasteiger partial charge in [-0.05, 0) is 35.9 Å². The number of carboxylic acid groups (broad SMARTS) is 1. The largest absolute Gasteiger partial charge is 0.495 e. The molecule has 0 aliphatic heterocycles. The number of hydrogen-bond donors (Lipinski definition) is 2. The number of ether oxygens (including phenoxy) is 1. The zero-order valence-electron chi connectivity index (χ0n) is 13.0. The Morgan fingerprint density at radius 2 is 1.86 bits per heavy atom. The summed E-state index contributed by atoms with van der Waals surface area (Å²) in [6, 6.07) is 12.9. The van der Waals surface area contributed by atoms with Crippen molar-refractivity contribution >= 4 is 17.3 Å². The molecular formula is C17H20N2O3. The van der Waals surface area contributed by atoms with Crippen LogP contribution in [0.3, 0.4) is 0 Å². The molecule has 0 aliphatic carbocycles. The van der Waals surface area contributed by atoms with Crippen LogP contribution in [0.2, 0.25) is 0 Å². The van der Waals surface area contributed by atoms with Gasteiger partial charge in [-0.3, -0.25) is 0 Å². The molecule has 2 aromatic carbocycles. The first-order valence-electron chi connectivity index (χ1n) is 6.92. The summed E-state index contributed by atoms with van der Waals surface area (Å²) in [5, 5.41) is 12.3. The Morgan fingerprint density at radius 1 is 1.18 bits per heavy atom. The molecule has 0 saturated heterocycles. The van der Waals surface area contributed by atoms with E-state index in [9.17, 15) is 4.79 Å². The summed E-state index contributed by atoms with van der Waals surface area (Å²) < 4.78 is 5.26. The van der Waals surface area contributed by atoms with E-state index in [2.05, 4.69) is 5.32 Å². The van der Waals surface area contributed by atoms with Crippen molar-refractivity contribution in [2.45, 2.75) is 6.54 Å². The molecule has 0 atom stereocenters. The predicted octanol–water partition coefficient (Wildman–Crippen LogP) is 3.07. The van der Waals surface area contributed by atoms with Crippen LogP contribution >= 0.6 is 0 Å². The van der Waals surface area contributed by atoms with Crippen molar-refractivity contribution in [3.05, 3.63) is 53.6 Å². The van der Waals surface area contributed by atoms with Gasteiger partial charge in [0.1, 0.15) is 5.75 Å². The molecule has 0 aliphatic rings. The fourth-order valence-electron chi connectivity index (χ4n) is 2.09. The van der Waals surface area contributed by atoms with Crippen molar-refractivity contribution in [2.24, 2.45) is 0 Å². The molecule has 0 amide bonds. The number of nitrogens with one attached hydrogen (secondary N) is 1. The molecule has 0 bridgehead atoms. The lowest BCUT2D eigenvalue weighted by molar-refractivity contribution is 0.0697.